The number of likely N-dealkylation sites (N-methyl/N-ethyl adjacent to an activating group) is 1. The Hall–Kier alpha value is -4.23. The Morgan fingerprint density at radius 2 is 1.30 bits per heavy atom. The van der Waals surface area contributed by atoms with Crippen LogP contribution in [0.2, 0.25) is 0 Å². The Kier molecular flexibility index (Phi) is 10.2. The van der Waals surface area contributed by atoms with Gasteiger partial charge < -0.3 is 14.9 Å². The molecule has 192 valence electrons. The molecule has 1 aliphatic rings. The van der Waals surface area contributed by atoms with E-state index < -0.39 is 11.9 Å². The molecule has 7 heteroatoms. The van der Waals surface area contributed by atoms with E-state index in [-0.39, 0.29) is 11.9 Å². The van der Waals surface area contributed by atoms with Crippen molar-refractivity contribution in [3.63, 3.8) is 0 Å². The largest absolute Gasteiger partial charge is 0.473 e. The van der Waals surface area contributed by atoms with E-state index >= 15 is 0 Å². The molecule has 7 nitrogen and oxygen atoms in total. The summed E-state index contributed by atoms with van der Waals surface area (Å²) >= 11 is 0. The summed E-state index contributed by atoms with van der Waals surface area (Å²) in [5, 5.41) is 14.8. The molecule has 4 rings (SSSR count). The molecule has 2 N–H and O–H groups in total. The Balaban J connectivity index is 0.000000568. The Labute approximate surface area is 216 Å². The molecule has 0 saturated heterocycles. The van der Waals surface area contributed by atoms with Crippen LogP contribution in [0.15, 0.2) is 96.6 Å². The van der Waals surface area contributed by atoms with Gasteiger partial charge in [0.15, 0.2) is 0 Å². The third kappa shape index (κ3) is 7.88. The van der Waals surface area contributed by atoms with Crippen molar-refractivity contribution in [3.05, 3.63) is 113 Å². The summed E-state index contributed by atoms with van der Waals surface area (Å²) in [5.74, 6) is -3.84. The van der Waals surface area contributed by atoms with Gasteiger partial charge in [0, 0.05) is 19.0 Å². The first kappa shape index (κ1) is 27.4. The topological polar surface area (TPSA) is 104 Å². The van der Waals surface area contributed by atoms with Crippen LogP contribution in [0.25, 0.3) is 5.57 Å². The lowest BCUT2D eigenvalue weighted by Crippen LogP contribution is -2.34. The molecule has 0 aliphatic carbocycles. The standard InChI is InChI=1S/C28H29NO2.C2H2O4/c1-2-29-19-18-25(22-12-6-3-7-13-22)26(20-29)28(30)31-21-27(23-14-8-4-9-15-23)24-16-10-5-11-17-24;3-1(4)2(5)6/h3-17,27H,2,18-21H2,1H3;(H,3,4)(H,5,6). The maximum atomic E-state index is 13.3. The van der Waals surface area contributed by atoms with Gasteiger partial charge in [0.05, 0.1) is 5.57 Å². The van der Waals surface area contributed by atoms with Crippen LogP contribution in [0.4, 0.5) is 0 Å². The molecule has 0 radical (unpaired) electrons. The van der Waals surface area contributed by atoms with Gasteiger partial charge in [-0.2, -0.15) is 0 Å². The first-order valence-corrected chi connectivity index (χ1v) is 12.1. The summed E-state index contributed by atoms with van der Waals surface area (Å²) in [4.78, 5) is 33.8. The van der Waals surface area contributed by atoms with E-state index in [0.717, 1.165) is 47.3 Å². The fraction of sp³-hybridized carbons (Fsp3) is 0.233. The van der Waals surface area contributed by atoms with E-state index in [4.69, 9.17) is 24.5 Å². The fourth-order valence-electron chi connectivity index (χ4n) is 4.24. The molecule has 0 bridgehead atoms. The van der Waals surface area contributed by atoms with Crippen molar-refractivity contribution >= 4 is 23.5 Å². The molecule has 37 heavy (non-hydrogen) atoms. The van der Waals surface area contributed by atoms with E-state index in [9.17, 15) is 4.79 Å². The monoisotopic (exact) mass is 501 g/mol. The van der Waals surface area contributed by atoms with Crippen LogP contribution < -0.4 is 0 Å². The summed E-state index contributed by atoms with van der Waals surface area (Å²) in [7, 11) is 0. The normalized spacial score (nSPS) is 13.5. The zero-order valence-electron chi connectivity index (χ0n) is 20.7. The highest BCUT2D eigenvalue weighted by Crippen LogP contribution is 2.30. The van der Waals surface area contributed by atoms with Crippen molar-refractivity contribution in [2.24, 2.45) is 0 Å². The zero-order valence-corrected chi connectivity index (χ0v) is 20.7. The van der Waals surface area contributed by atoms with Crippen LogP contribution in [0, 0.1) is 0 Å². The number of carbonyl (C=O) groups excluding carboxylic acids is 1. The lowest BCUT2D eigenvalue weighted by molar-refractivity contribution is -0.159. The third-order valence-electron chi connectivity index (χ3n) is 6.21. The highest BCUT2D eigenvalue weighted by Gasteiger charge is 2.26. The van der Waals surface area contributed by atoms with Crippen LogP contribution in [-0.2, 0) is 19.1 Å². The number of carboxylic acids is 2. The van der Waals surface area contributed by atoms with Crippen molar-refractivity contribution < 1.29 is 29.3 Å². The minimum absolute atomic E-state index is 0.0120. The summed E-state index contributed by atoms with van der Waals surface area (Å²) in [6.07, 6.45) is 0.864. The second-order valence-corrected chi connectivity index (χ2v) is 8.52. The Morgan fingerprint density at radius 3 is 1.76 bits per heavy atom. The first-order chi connectivity index (χ1) is 17.9. The van der Waals surface area contributed by atoms with Crippen molar-refractivity contribution in [3.8, 4) is 0 Å². The maximum Gasteiger partial charge on any atom is 0.414 e. The van der Waals surface area contributed by atoms with Crippen molar-refractivity contribution in [1.29, 1.82) is 0 Å². The Bertz CT molecular complexity index is 1160. The average Bonchev–Trinajstić information content (AvgIpc) is 2.94. The number of nitrogens with zero attached hydrogens (tertiary/aromatic N) is 1. The highest BCUT2D eigenvalue weighted by atomic mass is 16.5. The van der Waals surface area contributed by atoms with Crippen LogP contribution in [0.1, 0.15) is 36.0 Å². The number of hydrogen-bond donors (Lipinski definition) is 2. The van der Waals surface area contributed by atoms with Crippen molar-refractivity contribution in [2.75, 3.05) is 26.2 Å². The molecule has 0 saturated carbocycles. The van der Waals surface area contributed by atoms with Gasteiger partial charge in [-0.1, -0.05) is 97.9 Å². The van der Waals surface area contributed by atoms with Gasteiger partial charge in [0.25, 0.3) is 0 Å². The van der Waals surface area contributed by atoms with E-state index in [1.165, 1.54) is 0 Å². The highest BCUT2D eigenvalue weighted by molar-refractivity contribution is 6.27. The predicted octanol–water partition coefficient (Wildman–Crippen LogP) is 4.70. The zero-order chi connectivity index (χ0) is 26.6. The number of esters is 1. The van der Waals surface area contributed by atoms with Gasteiger partial charge in [-0.25, -0.2) is 14.4 Å². The number of aliphatic carboxylic acids is 2. The minimum Gasteiger partial charge on any atom is -0.473 e. The van der Waals surface area contributed by atoms with Gasteiger partial charge in [-0.3, -0.25) is 4.90 Å². The predicted molar refractivity (Wildman–Crippen MR) is 141 cm³/mol. The number of hydrogen-bond acceptors (Lipinski definition) is 5. The SMILES string of the molecule is CCN1CCC(c2ccccc2)=C(C(=O)OCC(c2ccccc2)c2ccccc2)C1.O=C(O)C(=O)O. The summed E-state index contributed by atoms with van der Waals surface area (Å²) in [6, 6.07) is 30.8. The summed E-state index contributed by atoms with van der Waals surface area (Å²) < 4.78 is 5.97. The van der Waals surface area contributed by atoms with Crippen molar-refractivity contribution in [1.82, 2.24) is 4.90 Å². The number of benzene rings is 3. The maximum absolute atomic E-state index is 13.3. The number of carboxylic acid groups (broad SMARTS) is 2. The molecule has 3 aromatic carbocycles. The molecule has 1 heterocycles. The third-order valence-corrected chi connectivity index (χ3v) is 6.21. The lowest BCUT2D eigenvalue weighted by atomic mass is 9.91. The van der Waals surface area contributed by atoms with Crippen LogP contribution in [0.5, 0.6) is 0 Å². The van der Waals surface area contributed by atoms with Gasteiger partial charge in [-0.05, 0) is 35.2 Å². The quantitative estimate of drug-likeness (QED) is 0.357. The van der Waals surface area contributed by atoms with E-state index in [0.29, 0.717) is 13.2 Å². The second kappa shape index (κ2) is 13.8. The smallest absolute Gasteiger partial charge is 0.414 e. The molecule has 0 aromatic heterocycles. The summed E-state index contributed by atoms with van der Waals surface area (Å²) in [6.45, 7) is 4.99. The number of rotatable bonds is 7. The molecule has 0 spiro atoms. The lowest BCUT2D eigenvalue weighted by Gasteiger charge is -2.29. The number of ether oxygens (including phenoxy) is 1. The second-order valence-electron chi connectivity index (χ2n) is 8.52. The summed E-state index contributed by atoms with van der Waals surface area (Å²) in [5.41, 5.74) is 5.33. The molecule has 3 aromatic rings. The van der Waals surface area contributed by atoms with Gasteiger partial charge in [-0.15, -0.1) is 0 Å². The van der Waals surface area contributed by atoms with Gasteiger partial charge in [0.1, 0.15) is 6.61 Å². The molecule has 1 aliphatic heterocycles. The van der Waals surface area contributed by atoms with Gasteiger partial charge >= 0.3 is 17.9 Å². The van der Waals surface area contributed by atoms with E-state index in [1.807, 2.05) is 54.6 Å². The molecule has 0 unspecified atom stereocenters. The molecular formula is C30H31NO6. The van der Waals surface area contributed by atoms with Gasteiger partial charge in [0.2, 0.25) is 0 Å². The molecule has 0 amide bonds. The average molecular weight is 502 g/mol. The molecule has 0 fully saturated rings. The number of carbonyl (C=O) groups is 3. The first-order valence-electron chi connectivity index (χ1n) is 12.1. The minimum atomic E-state index is -1.82. The Morgan fingerprint density at radius 1 is 0.811 bits per heavy atom. The molecule has 0 atom stereocenters. The van der Waals surface area contributed by atoms with Crippen LogP contribution in [0.3, 0.4) is 0 Å². The van der Waals surface area contributed by atoms with Crippen LogP contribution >= 0.6 is 0 Å². The fourth-order valence-corrected chi connectivity index (χ4v) is 4.24. The molecular weight excluding hydrogens is 470 g/mol. The van der Waals surface area contributed by atoms with Crippen molar-refractivity contribution in [2.45, 2.75) is 19.3 Å². The van der Waals surface area contributed by atoms with Crippen LogP contribution in [-0.4, -0.2) is 59.3 Å². The van der Waals surface area contributed by atoms with E-state index in [2.05, 4.69) is 48.2 Å². The van der Waals surface area contributed by atoms with E-state index in [1.54, 1.807) is 0 Å².